The van der Waals surface area contributed by atoms with Gasteiger partial charge >= 0.3 is 0 Å². The number of ketones is 1. The average molecular weight is 428 g/mol. The van der Waals surface area contributed by atoms with Crippen molar-refractivity contribution in [3.05, 3.63) is 65.1 Å². The number of halogens is 1. The van der Waals surface area contributed by atoms with E-state index in [1.807, 2.05) is 22.8 Å². The molecule has 29 heavy (non-hydrogen) atoms. The van der Waals surface area contributed by atoms with Crippen LogP contribution in [0, 0.1) is 0 Å². The van der Waals surface area contributed by atoms with E-state index in [0.717, 1.165) is 6.42 Å². The van der Waals surface area contributed by atoms with Crippen LogP contribution in [-0.4, -0.2) is 48.6 Å². The van der Waals surface area contributed by atoms with Crippen molar-refractivity contribution in [1.82, 2.24) is 24.6 Å². The van der Waals surface area contributed by atoms with Crippen molar-refractivity contribution in [2.45, 2.75) is 24.5 Å². The summed E-state index contributed by atoms with van der Waals surface area (Å²) < 4.78 is 1.81. The third kappa shape index (κ3) is 4.49. The molecule has 0 radical (unpaired) electrons. The van der Waals surface area contributed by atoms with Gasteiger partial charge in [0.2, 0.25) is 5.91 Å². The molecule has 2 aromatic heterocycles. The van der Waals surface area contributed by atoms with Crippen molar-refractivity contribution in [2.75, 3.05) is 12.3 Å². The second-order valence-corrected chi connectivity index (χ2v) is 7.94. The number of carbonyl (C=O) groups is 2. The third-order valence-corrected chi connectivity index (χ3v) is 5.76. The number of nitrogens with zero attached hydrogens (tertiary/aromatic N) is 5. The van der Waals surface area contributed by atoms with E-state index >= 15 is 0 Å². The molecule has 0 bridgehead atoms. The van der Waals surface area contributed by atoms with Crippen LogP contribution < -0.4 is 0 Å². The minimum absolute atomic E-state index is 0.0292. The Morgan fingerprint density at radius 3 is 2.66 bits per heavy atom. The van der Waals surface area contributed by atoms with E-state index in [1.54, 1.807) is 35.4 Å². The molecule has 1 amide bonds. The molecule has 1 aromatic carbocycles. The van der Waals surface area contributed by atoms with Gasteiger partial charge in [-0.25, -0.2) is 4.98 Å². The van der Waals surface area contributed by atoms with Gasteiger partial charge in [0, 0.05) is 29.7 Å². The van der Waals surface area contributed by atoms with Crippen LogP contribution >= 0.6 is 23.4 Å². The maximum Gasteiger partial charge on any atom is 0.223 e. The van der Waals surface area contributed by atoms with Crippen LogP contribution in [0.4, 0.5) is 0 Å². The smallest absolute Gasteiger partial charge is 0.223 e. The topological polar surface area (TPSA) is 81.0 Å². The van der Waals surface area contributed by atoms with Gasteiger partial charge in [-0.05, 0) is 42.8 Å². The van der Waals surface area contributed by atoms with E-state index in [2.05, 4.69) is 15.2 Å². The Morgan fingerprint density at radius 1 is 1.14 bits per heavy atom. The second kappa shape index (κ2) is 8.75. The number of rotatable bonds is 7. The first-order valence-electron chi connectivity index (χ1n) is 9.17. The molecule has 3 aromatic rings. The van der Waals surface area contributed by atoms with E-state index in [1.165, 1.54) is 11.8 Å². The molecule has 1 aliphatic heterocycles. The van der Waals surface area contributed by atoms with Gasteiger partial charge in [-0.3, -0.25) is 14.2 Å². The summed E-state index contributed by atoms with van der Waals surface area (Å²) in [6.07, 6.45) is 3.11. The number of amides is 1. The lowest BCUT2D eigenvalue weighted by Crippen LogP contribution is -2.25. The minimum atomic E-state index is -0.0292. The molecule has 0 atom stereocenters. The Morgan fingerprint density at radius 2 is 1.97 bits per heavy atom. The Hall–Kier alpha value is -2.71. The normalized spacial score (nSPS) is 13.8. The van der Waals surface area contributed by atoms with E-state index in [-0.39, 0.29) is 17.4 Å². The summed E-state index contributed by atoms with van der Waals surface area (Å²) in [5.74, 6) is 1.57. The van der Waals surface area contributed by atoms with Crippen molar-refractivity contribution in [2.24, 2.45) is 0 Å². The number of benzene rings is 1. The molecule has 0 unspecified atom stereocenters. The number of hydrogen-bond acceptors (Lipinski definition) is 6. The zero-order valence-electron chi connectivity index (χ0n) is 15.5. The Balaban J connectivity index is 1.56. The third-order valence-electron chi connectivity index (χ3n) is 4.58. The van der Waals surface area contributed by atoms with Gasteiger partial charge in [-0.15, -0.1) is 10.2 Å². The van der Waals surface area contributed by atoms with Crippen LogP contribution in [0.3, 0.4) is 0 Å². The number of Topliss-reactive ketones (excluding diaryl/α,β-unsaturated/α-hetero) is 1. The van der Waals surface area contributed by atoms with E-state index in [9.17, 15) is 9.59 Å². The molecule has 1 fully saturated rings. The standard InChI is InChI=1S/C20H18ClN5O2S/c21-15-8-6-14(7-9-15)16(27)13-29-20-24-23-18(12-25-11-3-5-19(25)28)26(20)17-4-1-2-10-22-17/h1-2,4,6-10H,3,5,11-13H2. The van der Waals surface area contributed by atoms with Crippen LogP contribution in [0.25, 0.3) is 5.82 Å². The van der Waals surface area contributed by atoms with Crippen molar-refractivity contribution in [1.29, 1.82) is 0 Å². The SMILES string of the molecule is O=C(CSc1nnc(CN2CCCC2=O)n1-c1ccccn1)c1ccc(Cl)cc1. The molecule has 0 aliphatic carbocycles. The molecule has 0 N–H and O–H groups in total. The fourth-order valence-electron chi connectivity index (χ4n) is 3.10. The predicted molar refractivity (Wildman–Crippen MR) is 110 cm³/mol. The lowest BCUT2D eigenvalue weighted by Gasteiger charge is -2.16. The summed E-state index contributed by atoms with van der Waals surface area (Å²) >= 11 is 7.18. The first kappa shape index (κ1) is 19.6. The Bertz CT molecular complexity index is 1020. The lowest BCUT2D eigenvalue weighted by molar-refractivity contribution is -0.128. The predicted octanol–water partition coefficient (Wildman–Crippen LogP) is 3.41. The first-order valence-corrected chi connectivity index (χ1v) is 10.5. The van der Waals surface area contributed by atoms with E-state index in [0.29, 0.717) is 46.9 Å². The highest BCUT2D eigenvalue weighted by atomic mass is 35.5. The molecule has 9 heteroatoms. The fourth-order valence-corrected chi connectivity index (χ4v) is 4.08. The van der Waals surface area contributed by atoms with Gasteiger partial charge in [0.1, 0.15) is 5.82 Å². The van der Waals surface area contributed by atoms with Crippen molar-refractivity contribution >= 4 is 35.1 Å². The summed E-state index contributed by atoms with van der Waals surface area (Å²) in [6.45, 7) is 1.08. The summed E-state index contributed by atoms with van der Waals surface area (Å²) in [6, 6.07) is 12.4. The molecule has 7 nitrogen and oxygen atoms in total. The number of carbonyl (C=O) groups excluding carboxylic acids is 2. The van der Waals surface area contributed by atoms with Gasteiger partial charge in [0.05, 0.1) is 12.3 Å². The number of thioether (sulfide) groups is 1. The molecule has 4 rings (SSSR count). The number of aromatic nitrogens is 4. The molecule has 0 saturated carbocycles. The maximum atomic E-state index is 12.5. The van der Waals surface area contributed by atoms with Crippen LogP contribution in [-0.2, 0) is 11.3 Å². The lowest BCUT2D eigenvalue weighted by atomic mass is 10.1. The number of hydrogen-bond donors (Lipinski definition) is 0. The summed E-state index contributed by atoms with van der Waals surface area (Å²) in [7, 11) is 0. The zero-order valence-corrected chi connectivity index (χ0v) is 17.1. The van der Waals surface area contributed by atoms with Crippen molar-refractivity contribution in [3.8, 4) is 5.82 Å². The van der Waals surface area contributed by atoms with Crippen LogP contribution in [0.1, 0.15) is 29.0 Å². The largest absolute Gasteiger partial charge is 0.335 e. The zero-order chi connectivity index (χ0) is 20.2. The minimum Gasteiger partial charge on any atom is -0.335 e. The quantitative estimate of drug-likeness (QED) is 0.424. The van der Waals surface area contributed by atoms with E-state index < -0.39 is 0 Å². The maximum absolute atomic E-state index is 12.5. The number of likely N-dealkylation sites (tertiary alicyclic amines) is 1. The summed E-state index contributed by atoms with van der Waals surface area (Å²) in [4.78, 5) is 30.7. The molecule has 0 spiro atoms. The van der Waals surface area contributed by atoms with Gasteiger partial charge in [-0.1, -0.05) is 29.4 Å². The second-order valence-electron chi connectivity index (χ2n) is 6.56. The molecule has 3 heterocycles. The van der Waals surface area contributed by atoms with Gasteiger partial charge < -0.3 is 4.90 Å². The highest BCUT2D eigenvalue weighted by molar-refractivity contribution is 7.99. The monoisotopic (exact) mass is 427 g/mol. The van der Waals surface area contributed by atoms with Crippen molar-refractivity contribution in [3.63, 3.8) is 0 Å². The van der Waals surface area contributed by atoms with Crippen LogP contribution in [0.15, 0.2) is 53.8 Å². The van der Waals surface area contributed by atoms with Crippen LogP contribution in [0.5, 0.6) is 0 Å². The average Bonchev–Trinajstić information content (AvgIpc) is 3.33. The van der Waals surface area contributed by atoms with Crippen LogP contribution in [0.2, 0.25) is 5.02 Å². The number of pyridine rings is 1. The molecular formula is C20H18ClN5O2S. The summed E-state index contributed by atoms with van der Waals surface area (Å²) in [5, 5.41) is 9.70. The summed E-state index contributed by atoms with van der Waals surface area (Å²) in [5.41, 5.74) is 0.591. The van der Waals surface area contributed by atoms with Crippen molar-refractivity contribution < 1.29 is 9.59 Å². The molecule has 1 saturated heterocycles. The van der Waals surface area contributed by atoms with Gasteiger partial charge in [0.25, 0.3) is 0 Å². The molecule has 1 aliphatic rings. The molecular weight excluding hydrogens is 410 g/mol. The molecule has 148 valence electrons. The first-order chi connectivity index (χ1) is 14.1. The Labute approximate surface area is 177 Å². The fraction of sp³-hybridized carbons (Fsp3) is 0.250. The van der Waals surface area contributed by atoms with Gasteiger partial charge in [-0.2, -0.15) is 0 Å². The highest BCUT2D eigenvalue weighted by Crippen LogP contribution is 2.24. The van der Waals surface area contributed by atoms with Gasteiger partial charge in [0.15, 0.2) is 16.8 Å². The highest BCUT2D eigenvalue weighted by Gasteiger charge is 2.24. The Kier molecular flexibility index (Phi) is 5.92. The van der Waals surface area contributed by atoms with E-state index in [4.69, 9.17) is 11.6 Å².